The second-order valence-corrected chi connectivity index (χ2v) is 2.31. The summed E-state index contributed by atoms with van der Waals surface area (Å²) in [6, 6.07) is 4.95. The Morgan fingerprint density at radius 1 is 1.45 bits per heavy atom. The molecule has 1 aromatic carbocycles. The van der Waals surface area contributed by atoms with E-state index in [1.54, 1.807) is 24.4 Å². The lowest BCUT2D eigenvalue weighted by Gasteiger charge is -2.10. The quantitative estimate of drug-likeness (QED) is 0.601. The van der Waals surface area contributed by atoms with E-state index in [1.165, 1.54) is 0 Å². The topological polar surface area (TPSA) is 41.8 Å². The van der Waals surface area contributed by atoms with Gasteiger partial charge in [-0.15, -0.1) is 0 Å². The van der Waals surface area contributed by atoms with E-state index < -0.39 is 0 Å². The highest BCUT2D eigenvalue weighted by atomic mass is 16.5. The number of aromatic hydroxyl groups is 1. The number of nitrogens with zero attached hydrogens (tertiary/aromatic N) is 1. The van der Waals surface area contributed by atoms with Crippen LogP contribution in [0.15, 0.2) is 23.2 Å². The minimum absolute atomic E-state index is 0.237. The highest BCUT2D eigenvalue weighted by Gasteiger charge is 2.05. The summed E-state index contributed by atoms with van der Waals surface area (Å²) < 4.78 is 5.17. The van der Waals surface area contributed by atoms with Crippen LogP contribution in [0, 0.1) is 0 Å². The lowest BCUT2D eigenvalue weighted by Crippen LogP contribution is -2.03. The highest BCUT2D eigenvalue weighted by molar-refractivity contribution is 5.84. The fraction of sp³-hybridized carbons (Fsp3) is 0.125. The van der Waals surface area contributed by atoms with Crippen molar-refractivity contribution in [3.05, 3.63) is 23.8 Å². The van der Waals surface area contributed by atoms with Crippen molar-refractivity contribution in [2.75, 3.05) is 6.73 Å². The number of rotatable bonds is 0. The zero-order chi connectivity index (χ0) is 7.68. The van der Waals surface area contributed by atoms with Crippen LogP contribution < -0.4 is 4.74 Å². The molecule has 0 bridgehead atoms. The van der Waals surface area contributed by atoms with Crippen LogP contribution in [0.25, 0.3) is 0 Å². The van der Waals surface area contributed by atoms with Gasteiger partial charge in [0.15, 0.2) is 6.73 Å². The maximum Gasteiger partial charge on any atom is 0.179 e. The van der Waals surface area contributed by atoms with Gasteiger partial charge in [0.2, 0.25) is 0 Å². The van der Waals surface area contributed by atoms with Gasteiger partial charge in [-0.2, -0.15) is 0 Å². The zero-order valence-corrected chi connectivity index (χ0v) is 5.82. The molecule has 1 aromatic rings. The molecule has 0 amide bonds. The molecule has 0 aliphatic carbocycles. The zero-order valence-electron chi connectivity index (χ0n) is 5.82. The van der Waals surface area contributed by atoms with E-state index in [-0.39, 0.29) is 5.75 Å². The van der Waals surface area contributed by atoms with E-state index in [0.29, 0.717) is 6.73 Å². The summed E-state index contributed by atoms with van der Waals surface area (Å²) >= 11 is 0. The molecule has 0 spiro atoms. The van der Waals surface area contributed by atoms with Crippen molar-refractivity contribution in [2.45, 2.75) is 0 Å². The van der Waals surface area contributed by atoms with E-state index >= 15 is 0 Å². The van der Waals surface area contributed by atoms with Crippen LogP contribution in [-0.2, 0) is 0 Å². The van der Waals surface area contributed by atoms with E-state index in [1.807, 2.05) is 0 Å². The van der Waals surface area contributed by atoms with Gasteiger partial charge in [0, 0.05) is 11.8 Å². The van der Waals surface area contributed by atoms with E-state index in [9.17, 15) is 0 Å². The van der Waals surface area contributed by atoms with Crippen molar-refractivity contribution < 1.29 is 9.84 Å². The number of fused-ring (bicyclic) bond motifs is 1. The summed E-state index contributed by atoms with van der Waals surface area (Å²) in [4.78, 5) is 3.90. The van der Waals surface area contributed by atoms with Gasteiger partial charge >= 0.3 is 0 Å². The summed E-state index contributed by atoms with van der Waals surface area (Å²) in [5.41, 5.74) is 0.830. The van der Waals surface area contributed by atoms with Crippen molar-refractivity contribution >= 4 is 6.21 Å². The van der Waals surface area contributed by atoms with E-state index in [2.05, 4.69) is 4.99 Å². The maximum absolute atomic E-state index is 9.07. The summed E-state index contributed by atoms with van der Waals surface area (Å²) in [5.74, 6) is 1.01. The fourth-order valence-corrected chi connectivity index (χ4v) is 1.01. The summed E-state index contributed by atoms with van der Waals surface area (Å²) in [6.07, 6.45) is 1.69. The van der Waals surface area contributed by atoms with Gasteiger partial charge in [0.05, 0.1) is 0 Å². The second kappa shape index (κ2) is 2.27. The maximum atomic E-state index is 9.07. The normalized spacial score (nSPS) is 13.8. The fourth-order valence-electron chi connectivity index (χ4n) is 1.01. The average molecular weight is 149 g/mol. The Labute approximate surface area is 64.0 Å². The first-order chi connectivity index (χ1) is 5.36. The Morgan fingerprint density at radius 2 is 2.36 bits per heavy atom. The summed E-state index contributed by atoms with van der Waals surface area (Å²) in [6.45, 7) is 0.373. The lowest BCUT2D eigenvalue weighted by molar-refractivity contribution is 0.325. The van der Waals surface area contributed by atoms with Gasteiger partial charge in [-0.1, -0.05) is 0 Å². The molecule has 3 nitrogen and oxygen atoms in total. The summed E-state index contributed by atoms with van der Waals surface area (Å²) in [5, 5.41) is 9.07. The Morgan fingerprint density at radius 3 is 3.27 bits per heavy atom. The molecule has 3 heteroatoms. The van der Waals surface area contributed by atoms with Crippen LogP contribution >= 0.6 is 0 Å². The Kier molecular flexibility index (Phi) is 1.28. The Balaban J connectivity index is 2.54. The molecule has 0 radical (unpaired) electrons. The minimum Gasteiger partial charge on any atom is -0.508 e. The van der Waals surface area contributed by atoms with E-state index in [4.69, 9.17) is 9.84 Å². The van der Waals surface area contributed by atoms with Crippen molar-refractivity contribution in [2.24, 2.45) is 4.99 Å². The van der Waals surface area contributed by atoms with Crippen LogP contribution in [0.2, 0.25) is 0 Å². The van der Waals surface area contributed by atoms with Gasteiger partial charge < -0.3 is 9.84 Å². The van der Waals surface area contributed by atoms with Gasteiger partial charge in [0.1, 0.15) is 11.5 Å². The number of hydrogen-bond acceptors (Lipinski definition) is 3. The monoisotopic (exact) mass is 149 g/mol. The predicted molar refractivity (Wildman–Crippen MR) is 41.2 cm³/mol. The molecule has 0 aromatic heterocycles. The molecule has 2 rings (SSSR count). The SMILES string of the molecule is Oc1ccc2c(c1)C=NCO2. The molecule has 0 fully saturated rings. The number of hydrogen-bond donors (Lipinski definition) is 1. The van der Waals surface area contributed by atoms with Crippen molar-refractivity contribution in [3.63, 3.8) is 0 Å². The molecule has 11 heavy (non-hydrogen) atoms. The van der Waals surface area contributed by atoms with Crippen LogP contribution in [0.3, 0.4) is 0 Å². The third-order valence-corrected chi connectivity index (χ3v) is 1.52. The largest absolute Gasteiger partial charge is 0.508 e. The molecule has 0 saturated carbocycles. The molecular formula is C8H7NO2. The van der Waals surface area contributed by atoms with Gasteiger partial charge in [-0.05, 0) is 18.2 Å². The standard InChI is InChI=1S/C8H7NO2/c10-7-1-2-8-6(3-7)4-9-5-11-8/h1-4,10H,5H2. The molecule has 1 N–H and O–H groups in total. The van der Waals surface area contributed by atoms with Crippen molar-refractivity contribution in [1.82, 2.24) is 0 Å². The Bertz CT molecular complexity index is 307. The number of phenolic OH excluding ortho intramolecular Hbond substituents is 1. The first-order valence-electron chi connectivity index (χ1n) is 3.32. The first kappa shape index (κ1) is 6.22. The average Bonchev–Trinajstić information content (AvgIpc) is 2.04. The van der Waals surface area contributed by atoms with Crippen LogP contribution in [0.4, 0.5) is 0 Å². The number of aliphatic imine (C=N–C) groups is 1. The molecule has 0 atom stereocenters. The number of phenols is 1. The summed E-state index contributed by atoms with van der Waals surface area (Å²) in [7, 11) is 0. The van der Waals surface area contributed by atoms with E-state index in [0.717, 1.165) is 11.3 Å². The van der Waals surface area contributed by atoms with Crippen molar-refractivity contribution in [1.29, 1.82) is 0 Å². The molecular weight excluding hydrogens is 142 g/mol. The molecule has 1 aliphatic heterocycles. The van der Waals surface area contributed by atoms with Crippen molar-refractivity contribution in [3.8, 4) is 11.5 Å². The second-order valence-electron chi connectivity index (χ2n) is 2.31. The van der Waals surface area contributed by atoms with Crippen LogP contribution in [-0.4, -0.2) is 18.1 Å². The molecule has 0 unspecified atom stereocenters. The predicted octanol–water partition coefficient (Wildman–Crippen LogP) is 1.16. The third kappa shape index (κ3) is 1.05. The molecule has 56 valence electrons. The lowest BCUT2D eigenvalue weighted by atomic mass is 10.2. The number of ether oxygens (including phenoxy) is 1. The van der Waals surface area contributed by atoms with Gasteiger partial charge in [-0.3, -0.25) is 4.99 Å². The third-order valence-electron chi connectivity index (χ3n) is 1.52. The Hall–Kier alpha value is -1.51. The van der Waals surface area contributed by atoms with Crippen LogP contribution in [0.1, 0.15) is 5.56 Å². The first-order valence-corrected chi connectivity index (χ1v) is 3.32. The van der Waals surface area contributed by atoms with Crippen LogP contribution in [0.5, 0.6) is 11.5 Å². The van der Waals surface area contributed by atoms with Gasteiger partial charge in [0.25, 0.3) is 0 Å². The molecule has 1 heterocycles. The molecule has 1 aliphatic rings. The van der Waals surface area contributed by atoms with Gasteiger partial charge in [-0.25, -0.2) is 0 Å². The highest BCUT2D eigenvalue weighted by Crippen LogP contribution is 2.23. The number of benzene rings is 1. The minimum atomic E-state index is 0.237. The smallest absolute Gasteiger partial charge is 0.179 e. The molecule has 0 saturated heterocycles.